The molecule has 3 atom stereocenters. The van der Waals surface area contributed by atoms with Gasteiger partial charge in [-0.25, -0.2) is 0 Å². The molecule has 1 fully saturated rings. The van der Waals surface area contributed by atoms with Gasteiger partial charge in [-0.2, -0.15) is 0 Å². The second-order valence-corrected chi connectivity index (χ2v) is 4.42. The van der Waals surface area contributed by atoms with E-state index < -0.39 is 0 Å². The van der Waals surface area contributed by atoms with Crippen molar-refractivity contribution in [2.75, 3.05) is 0 Å². The van der Waals surface area contributed by atoms with Crippen molar-refractivity contribution in [3.8, 4) is 0 Å². The van der Waals surface area contributed by atoms with Gasteiger partial charge in [-0.3, -0.25) is 0 Å². The Hall–Kier alpha value is 0. The quantitative estimate of drug-likeness (QED) is 0.572. The number of rotatable bonds is 2. The average molecular weight is 170 g/mol. The zero-order valence-corrected chi connectivity index (χ0v) is 8.27. The zero-order chi connectivity index (χ0) is 8.27. The van der Waals surface area contributed by atoms with Gasteiger partial charge in [-0.05, 0) is 24.2 Å². The molecule has 0 spiro atoms. The molecule has 0 saturated heterocycles. The van der Waals surface area contributed by atoms with Crippen LogP contribution in [0.1, 0.15) is 60.3 Å². The van der Waals surface area contributed by atoms with Gasteiger partial charge in [-0.15, -0.1) is 0 Å². The topological polar surface area (TPSA) is 0 Å². The summed E-state index contributed by atoms with van der Waals surface area (Å²) < 4.78 is 0. The van der Waals surface area contributed by atoms with E-state index in [1.54, 1.807) is 0 Å². The first kappa shape index (κ1) is 12.0. The normalized spacial score (nSPS) is 32.2. The molecule has 0 heteroatoms. The molecule has 0 N–H and O–H groups in total. The highest BCUT2D eigenvalue weighted by Crippen LogP contribution is 2.34. The van der Waals surface area contributed by atoms with E-state index >= 15 is 0 Å². The molecular formula is C12H26. The first-order valence-corrected chi connectivity index (χ1v) is 5.24. The van der Waals surface area contributed by atoms with Gasteiger partial charge in [0.25, 0.3) is 0 Å². The van der Waals surface area contributed by atoms with Crippen molar-refractivity contribution in [3.63, 3.8) is 0 Å². The molecule has 0 aromatic rings. The molecule has 0 nitrogen and oxygen atoms in total. The predicted octanol–water partition coefficient (Wildman–Crippen LogP) is 4.49. The minimum atomic E-state index is 0. The van der Waals surface area contributed by atoms with E-state index in [1.807, 2.05) is 0 Å². The molecule has 0 amide bonds. The molecular weight excluding hydrogens is 144 g/mol. The van der Waals surface area contributed by atoms with Gasteiger partial charge in [0.1, 0.15) is 0 Å². The number of hydrogen-bond donors (Lipinski definition) is 0. The Morgan fingerprint density at radius 2 is 2.00 bits per heavy atom. The first-order chi connectivity index (χ1) is 5.24. The minimum absolute atomic E-state index is 0. The van der Waals surface area contributed by atoms with Crippen LogP contribution in [-0.4, -0.2) is 0 Å². The predicted molar refractivity (Wildman–Crippen MR) is 57.3 cm³/mol. The van der Waals surface area contributed by atoms with E-state index in [0.717, 1.165) is 17.8 Å². The lowest BCUT2D eigenvalue weighted by molar-refractivity contribution is 0.211. The van der Waals surface area contributed by atoms with Crippen molar-refractivity contribution in [3.05, 3.63) is 0 Å². The lowest BCUT2D eigenvalue weighted by atomic mass is 9.75. The fourth-order valence-electron chi connectivity index (χ4n) is 2.33. The van der Waals surface area contributed by atoms with E-state index in [4.69, 9.17) is 0 Å². The summed E-state index contributed by atoms with van der Waals surface area (Å²) in [6, 6.07) is 0. The maximum atomic E-state index is 2.42. The summed E-state index contributed by atoms with van der Waals surface area (Å²) in [5, 5.41) is 0. The first-order valence-electron chi connectivity index (χ1n) is 5.24. The van der Waals surface area contributed by atoms with Crippen LogP contribution in [0.5, 0.6) is 0 Å². The van der Waals surface area contributed by atoms with Gasteiger partial charge >= 0.3 is 0 Å². The fraction of sp³-hybridized carbons (Fsp3) is 1.00. The smallest absolute Gasteiger partial charge is 0.0386 e. The Balaban J connectivity index is 0.00000121. The molecule has 1 rings (SSSR count). The standard InChI is InChI=1S/C11H22.CH4/c1-4-10(3)11-7-5-6-9(2)8-11;/h9-11H,4-8H2,1-3H3;1H4. The molecule has 1 aliphatic rings. The molecule has 74 valence electrons. The van der Waals surface area contributed by atoms with E-state index in [0.29, 0.717) is 0 Å². The van der Waals surface area contributed by atoms with Gasteiger partial charge in [0.05, 0.1) is 0 Å². The summed E-state index contributed by atoms with van der Waals surface area (Å²) >= 11 is 0. The lowest BCUT2D eigenvalue weighted by Crippen LogP contribution is -2.19. The highest BCUT2D eigenvalue weighted by molar-refractivity contribution is 4.73. The van der Waals surface area contributed by atoms with Crippen LogP contribution in [0.3, 0.4) is 0 Å². The van der Waals surface area contributed by atoms with Crippen LogP contribution in [0.4, 0.5) is 0 Å². The monoisotopic (exact) mass is 170 g/mol. The Kier molecular flexibility index (Phi) is 5.61. The van der Waals surface area contributed by atoms with Crippen molar-refractivity contribution in [1.82, 2.24) is 0 Å². The van der Waals surface area contributed by atoms with Gasteiger partial charge in [0.15, 0.2) is 0 Å². The Morgan fingerprint density at radius 3 is 2.50 bits per heavy atom. The van der Waals surface area contributed by atoms with E-state index in [9.17, 15) is 0 Å². The number of hydrogen-bond acceptors (Lipinski definition) is 0. The lowest BCUT2D eigenvalue weighted by Gasteiger charge is -2.30. The van der Waals surface area contributed by atoms with Crippen LogP contribution in [0.25, 0.3) is 0 Å². The molecule has 0 aromatic heterocycles. The van der Waals surface area contributed by atoms with Crippen LogP contribution in [0, 0.1) is 17.8 Å². The molecule has 0 radical (unpaired) electrons. The summed E-state index contributed by atoms with van der Waals surface area (Å²) in [5.74, 6) is 3.02. The van der Waals surface area contributed by atoms with Crippen molar-refractivity contribution < 1.29 is 0 Å². The maximum absolute atomic E-state index is 2.42. The van der Waals surface area contributed by atoms with Crippen LogP contribution >= 0.6 is 0 Å². The fourth-order valence-corrected chi connectivity index (χ4v) is 2.33. The SMILES string of the molecule is C.CCC(C)C1CCCC(C)C1. The Morgan fingerprint density at radius 1 is 1.33 bits per heavy atom. The summed E-state index contributed by atoms with van der Waals surface area (Å²) in [6.07, 6.45) is 7.33. The van der Waals surface area contributed by atoms with Crippen molar-refractivity contribution in [2.24, 2.45) is 17.8 Å². The minimum Gasteiger partial charge on any atom is -0.0776 e. The third-order valence-electron chi connectivity index (χ3n) is 3.43. The highest BCUT2D eigenvalue weighted by atomic mass is 14.3. The van der Waals surface area contributed by atoms with E-state index in [2.05, 4.69) is 20.8 Å². The molecule has 3 unspecified atom stereocenters. The van der Waals surface area contributed by atoms with Gasteiger partial charge in [0, 0.05) is 0 Å². The Labute approximate surface area is 78.8 Å². The van der Waals surface area contributed by atoms with Crippen LogP contribution in [-0.2, 0) is 0 Å². The van der Waals surface area contributed by atoms with Crippen LogP contribution in [0.15, 0.2) is 0 Å². The Bertz CT molecular complexity index is 107. The summed E-state index contributed by atoms with van der Waals surface area (Å²) in [7, 11) is 0. The highest BCUT2D eigenvalue weighted by Gasteiger charge is 2.22. The third-order valence-corrected chi connectivity index (χ3v) is 3.43. The van der Waals surface area contributed by atoms with Gasteiger partial charge in [-0.1, -0.05) is 53.9 Å². The van der Waals surface area contributed by atoms with Crippen molar-refractivity contribution >= 4 is 0 Å². The van der Waals surface area contributed by atoms with Crippen LogP contribution in [0.2, 0.25) is 0 Å². The molecule has 1 saturated carbocycles. The second-order valence-electron chi connectivity index (χ2n) is 4.42. The molecule has 12 heavy (non-hydrogen) atoms. The second kappa shape index (κ2) is 5.61. The van der Waals surface area contributed by atoms with Crippen molar-refractivity contribution in [2.45, 2.75) is 60.3 Å². The zero-order valence-electron chi connectivity index (χ0n) is 8.27. The third kappa shape index (κ3) is 3.16. The molecule has 1 aliphatic carbocycles. The average Bonchev–Trinajstić information content (AvgIpc) is 2.03. The molecule has 0 heterocycles. The molecule has 0 aromatic carbocycles. The summed E-state index contributed by atoms with van der Waals surface area (Å²) in [6.45, 7) is 7.15. The van der Waals surface area contributed by atoms with E-state index in [-0.39, 0.29) is 7.43 Å². The van der Waals surface area contributed by atoms with Crippen molar-refractivity contribution in [1.29, 1.82) is 0 Å². The van der Waals surface area contributed by atoms with Gasteiger partial charge in [0.2, 0.25) is 0 Å². The molecule has 0 bridgehead atoms. The molecule has 0 aliphatic heterocycles. The van der Waals surface area contributed by atoms with Crippen LogP contribution < -0.4 is 0 Å². The maximum Gasteiger partial charge on any atom is -0.0386 e. The largest absolute Gasteiger partial charge is 0.0776 e. The summed E-state index contributed by atoms with van der Waals surface area (Å²) in [4.78, 5) is 0. The van der Waals surface area contributed by atoms with Gasteiger partial charge < -0.3 is 0 Å². The summed E-state index contributed by atoms with van der Waals surface area (Å²) in [5.41, 5.74) is 0. The van der Waals surface area contributed by atoms with E-state index in [1.165, 1.54) is 32.1 Å².